The number of aromatic nitrogens is 4. The third kappa shape index (κ3) is 3.79. The van der Waals surface area contributed by atoms with Gasteiger partial charge in [0.25, 0.3) is 0 Å². The standard InChI is InChI=1S/C31H27N7O/c1-29(2)27-18-31(26-16-25(37-38-26)19-9-12-32-13-10-19)11-8-23(35-31)15-22-5-4-20(33-22)14-21-6-7-24(34-21)17-30(3,36-27)28(29)39/h4-18,33,36H,1-3H3,(H,37,38). The van der Waals surface area contributed by atoms with Crippen molar-refractivity contribution in [2.24, 2.45) is 15.4 Å². The highest BCUT2D eigenvalue weighted by Gasteiger charge is 2.52. The first-order valence-corrected chi connectivity index (χ1v) is 12.9. The summed E-state index contributed by atoms with van der Waals surface area (Å²) in [7, 11) is 0. The van der Waals surface area contributed by atoms with Crippen LogP contribution < -0.4 is 16.0 Å². The number of pyridine rings is 1. The third-order valence-corrected chi connectivity index (χ3v) is 7.74. The maximum atomic E-state index is 13.9. The number of carbonyl (C=O) groups is 1. The molecule has 7 heterocycles. The van der Waals surface area contributed by atoms with Crippen molar-refractivity contribution >= 4 is 29.4 Å². The Morgan fingerprint density at radius 3 is 2.44 bits per heavy atom. The van der Waals surface area contributed by atoms with E-state index in [4.69, 9.17) is 9.98 Å². The molecule has 0 aliphatic carbocycles. The maximum absolute atomic E-state index is 13.9. The lowest BCUT2D eigenvalue weighted by molar-refractivity contribution is -0.126. The summed E-state index contributed by atoms with van der Waals surface area (Å²) in [6, 6.07) is 9.90. The van der Waals surface area contributed by atoms with Crippen LogP contribution in [0.25, 0.3) is 23.4 Å². The van der Waals surface area contributed by atoms with Gasteiger partial charge in [-0.25, -0.2) is 4.99 Å². The molecule has 3 N–H and O–H groups in total. The van der Waals surface area contributed by atoms with Crippen molar-refractivity contribution in [1.82, 2.24) is 25.5 Å². The van der Waals surface area contributed by atoms with Gasteiger partial charge in [-0.1, -0.05) is 0 Å². The largest absolute Gasteiger partial charge is 0.373 e. The van der Waals surface area contributed by atoms with Gasteiger partial charge in [0.15, 0.2) is 5.78 Å². The van der Waals surface area contributed by atoms with Crippen molar-refractivity contribution < 1.29 is 4.79 Å². The van der Waals surface area contributed by atoms with Gasteiger partial charge in [-0.3, -0.25) is 19.9 Å². The fourth-order valence-electron chi connectivity index (χ4n) is 5.66. The monoisotopic (exact) mass is 513 g/mol. The molecule has 8 bridgehead atoms. The van der Waals surface area contributed by atoms with E-state index < -0.39 is 16.5 Å². The van der Waals surface area contributed by atoms with Crippen molar-refractivity contribution in [3.05, 3.63) is 107 Å². The maximum Gasteiger partial charge on any atom is 0.173 e. The fraction of sp³-hybridized carbons (Fsp3) is 0.194. The Morgan fingerprint density at radius 1 is 0.872 bits per heavy atom. The Labute approximate surface area is 225 Å². The van der Waals surface area contributed by atoms with Crippen LogP contribution in [0.1, 0.15) is 26.5 Å². The predicted octanol–water partition coefficient (Wildman–Crippen LogP) is 3.02. The summed E-state index contributed by atoms with van der Waals surface area (Å²) in [6.45, 7) is 5.82. The number of nitrogens with one attached hydrogen (secondary N) is 3. The number of Topliss-reactive ketones (excluding diaryl/α,β-unsaturated/α-hetero) is 1. The number of ketones is 1. The Balaban J connectivity index is 1.45. The van der Waals surface area contributed by atoms with Crippen LogP contribution in [0.4, 0.5) is 0 Å². The van der Waals surface area contributed by atoms with E-state index in [1.54, 1.807) is 12.4 Å². The van der Waals surface area contributed by atoms with Crippen LogP contribution >= 0.6 is 0 Å². The summed E-state index contributed by atoms with van der Waals surface area (Å²) in [5, 5.41) is 13.2. The molecule has 7 rings (SSSR count). The van der Waals surface area contributed by atoms with E-state index in [1.807, 2.05) is 87.6 Å². The van der Waals surface area contributed by atoms with Crippen LogP contribution in [0.5, 0.6) is 0 Å². The quantitative estimate of drug-likeness (QED) is 0.489. The topological polar surface area (TPSA) is 111 Å². The first-order chi connectivity index (χ1) is 18.7. The molecule has 0 saturated carbocycles. The molecule has 8 nitrogen and oxygen atoms in total. The lowest BCUT2D eigenvalue weighted by Gasteiger charge is -2.24. The molecule has 2 atom stereocenters. The molecule has 4 aliphatic rings. The molecule has 1 fully saturated rings. The molecule has 0 aromatic carbocycles. The van der Waals surface area contributed by atoms with Crippen molar-refractivity contribution in [1.29, 1.82) is 0 Å². The molecular weight excluding hydrogens is 486 g/mol. The second-order valence-corrected chi connectivity index (χ2v) is 11.0. The lowest BCUT2D eigenvalue weighted by atomic mass is 9.79. The molecular formula is C31H27N7O. The SMILES string of the molecule is CC12C=C3C=CC(=N3)C=c3ccc([nH]3)=CC3=NC(c4cc(-c5ccncc5)n[nH]4)(C=C3)C=C(N1)C(C)(C)C2=O. The second kappa shape index (κ2) is 8.07. The van der Waals surface area contributed by atoms with Crippen molar-refractivity contribution in [3.63, 3.8) is 0 Å². The molecule has 0 spiro atoms. The molecule has 39 heavy (non-hydrogen) atoms. The first-order valence-electron chi connectivity index (χ1n) is 12.9. The van der Waals surface area contributed by atoms with Crippen LogP contribution in [-0.4, -0.2) is 42.9 Å². The average Bonchev–Trinajstić information content (AvgIpc) is 3.73. The van der Waals surface area contributed by atoms with Gasteiger partial charge in [-0.05, 0) is 99.7 Å². The van der Waals surface area contributed by atoms with Gasteiger partial charge >= 0.3 is 0 Å². The minimum absolute atomic E-state index is 0.0719. The molecule has 4 aliphatic heterocycles. The van der Waals surface area contributed by atoms with Crippen LogP contribution in [0.3, 0.4) is 0 Å². The van der Waals surface area contributed by atoms with E-state index in [-0.39, 0.29) is 5.78 Å². The molecule has 0 amide bonds. The Bertz CT molecular complexity index is 1840. The number of hydrogen-bond acceptors (Lipinski definition) is 6. The summed E-state index contributed by atoms with van der Waals surface area (Å²) in [5.74, 6) is 0.0719. The minimum Gasteiger partial charge on any atom is -0.373 e. The zero-order valence-corrected chi connectivity index (χ0v) is 21.9. The predicted molar refractivity (Wildman–Crippen MR) is 152 cm³/mol. The molecule has 1 saturated heterocycles. The average molecular weight is 514 g/mol. The zero-order chi connectivity index (χ0) is 26.8. The van der Waals surface area contributed by atoms with Crippen molar-refractivity contribution in [2.45, 2.75) is 31.8 Å². The summed E-state index contributed by atoms with van der Waals surface area (Å²) in [4.78, 5) is 31.3. The van der Waals surface area contributed by atoms with Crippen LogP contribution in [0.15, 0.2) is 101 Å². The van der Waals surface area contributed by atoms with Gasteiger partial charge in [0.2, 0.25) is 0 Å². The van der Waals surface area contributed by atoms with Crippen molar-refractivity contribution in [3.8, 4) is 11.3 Å². The number of aromatic amines is 2. The van der Waals surface area contributed by atoms with E-state index >= 15 is 0 Å². The van der Waals surface area contributed by atoms with E-state index in [1.165, 1.54) is 0 Å². The van der Waals surface area contributed by atoms with Gasteiger partial charge in [-0.15, -0.1) is 0 Å². The summed E-state index contributed by atoms with van der Waals surface area (Å²) < 4.78 is 0. The third-order valence-electron chi connectivity index (χ3n) is 7.74. The van der Waals surface area contributed by atoms with Gasteiger partial charge in [0, 0.05) is 34.4 Å². The van der Waals surface area contributed by atoms with Crippen LogP contribution in [-0.2, 0) is 10.3 Å². The van der Waals surface area contributed by atoms with Crippen LogP contribution in [0.2, 0.25) is 0 Å². The van der Waals surface area contributed by atoms with Gasteiger partial charge < -0.3 is 10.3 Å². The zero-order valence-electron chi connectivity index (χ0n) is 21.9. The van der Waals surface area contributed by atoms with Gasteiger partial charge in [0.1, 0.15) is 11.1 Å². The Hall–Kier alpha value is -4.85. The van der Waals surface area contributed by atoms with E-state index in [9.17, 15) is 4.79 Å². The number of rotatable bonds is 2. The second-order valence-electron chi connectivity index (χ2n) is 11.0. The van der Waals surface area contributed by atoms with Gasteiger partial charge in [-0.2, -0.15) is 5.10 Å². The van der Waals surface area contributed by atoms with Crippen LogP contribution in [0, 0.1) is 5.41 Å². The number of allylic oxidation sites excluding steroid dienone is 4. The van der Waals surface area contributed by atoms with E-state index in [0.29, 0.717) is 0 Å². The number of H-pyrrole nitrogens is 2. The number of nitrogens with zero attached hydrogens (tertiary/aromatic N) is 4. The number of carbonyl (C=O) groups excluding carboxylic acids is 1. The smallest absolute Gasteiger partial charge is 0.173 e. The van der Waals surface area contributed by atoms with E-state index in [2.05, 4.69) is 37.6 Å². The van der Waals surface area contributed by atoms with E-state index in [0.717, 1.165) is 50.5 Å². The highest BCUT2D eigenvalue weighted by molar-refractivity contribution is 6.20. The Morgan fingerprint density at radius 2 is 1.64 bits per heavy atom. The van der Waals surface area contributed by atoms with Crippen molar-refractivity contribution in [2.75, 3.05) is 0 Å². The highest BCUT2D eigenvalue weighted by atomic mass is 16.1. The fourth-order valence-corrected chi connectivity index (χ4v) is 5.66. The summed E-state index contributed by atoms with van der Waals surface area (Å²) in [6.07, 6.45) is 19.4. The molecule has 0 radical (unpaired) electrons. The molecule has 3 aromatic heterocycles. The summed E-state index contributed by atoms with van der Waals surface area (Å²) >= 11 is 0. The molecule has 8 heteroatoms. The Kier molecular flexibility index (Phi) is 4.82. The lowest BCUT2D eigenvalue weighted by Crippen LogP contribution is -2.41. The number of fused-ring (bicyclic) bond motifs is 6. The molecule has 192 valence electrons. The number of aliphatic imine (C=N–C) groups is 2. The summed E-state index contributed by atoms with van der Waals surface area (Å²) in [5.41, 5.74) is 3.14. The number of hydrogen-bond donors (Lipinski definition) is 3. The van der Waals surface area contributed by atoms with Gasteiger partial charge in [0.05, 0.1) is 33.9 Å². The minimum atomic E-state index is -0.928. The highest BCUT2D eigenvalue weighted by Crippen LogP contribution is 2.44. The molecule has 2 unspecified atom stereocenters. The normalized spacial score (nSPS) is 26.3. The first kappa shape index (κ1) is 23.3. The molecule has 3 aromatic rings.